The monoisotopic (exact) mass is 441 g/mol. The second-order valence-electron chi connectivity index (χ2n) is 8.81. The van der Waals surface area contributed by atoms with Crippen molar-refractivity contribution in [3.63, 3.8) is 0 Å². The van der Waals surface area contributed by atoms with E-state index in [1.165, 1.54) is 4.90 Å². The minimum absolute atomic E-state index is 0.0474. The van der Waals surface area contributed by atoms with Gasteiger partial charge in [-0.15, -0.1) is 5.92 Å². The van der Waals surface area contributed by atoms with E-state index in [2.05, 4.69) is 28.3 Å². The molecule has 1 aliphatic heterocycles. The van der Waals surface area contributed by atoms with Crippen LogP contribution in [0.4, 0.5) is 5.82 Å². The second-order valence-corrected chi connectivity index (χ2v) is 8.81. The molecule has 0 radical (unpaired) electrons. The molecule has 168 valence electrons. The van der Waals surface area contributed by atoms with E-state index in [-0.39, 0.29) is 11.6 Å². The maximum Gasteiger partial charge on any atom is 0.278 e. The molecule has 1 saturated heterocycles. The molecule has 1 unspecified atom stereocenters. The molecule has 1 fully saturated rings. The van der Waals surface area contributed by atoms with Crippen LogP contribution in [-0.4, -0.2) is 38.2 Å². The van der Waals surface area contributed by atoms with Crippen molar-refractivity contribution < 1.29 is 4.90 Å². The average molecular weight is 442 g/mol. The Morgan fingerprint density at radius 3 is 2.91 bits per heavy atom. The summed E-state index contributed by atoms with van der Waals surface area (Å²) in [6.45, 7) is 6.65. The van der Waals surface area contributed by atoms with Gasteiger partial charge in [-0.2, -0.15) is 0 Å². The Balaban J connectivity index is 1.66. The zero-order chi connectivity index (χ0) is 22.9. The van der Waals surface area contributed by atoms with Crippen molar-refractivity contribution in [2.24, 2.45) is 5.73 Å². The van der Waals surface area contributed by atoms with Gasteiger partial charge in [-0.25, -0.2) is 4.98 Å². The van der Waals surface area contributed by atoms with Gasteiger partial charge in [0.15, 0.2) is 0 Å². The van der Waals surface area contributed by atoms with Crippen LogP contribution < -0.4 is 16.2 Å². The quantitative estimate of drug-likeness (QED) is 0.473. The fraction of sp³-hybridized carbons (Fsp3) is 0.346. The van der Waals surface area contributed by atoms with Gasteiger partial charge in [-0.1, -0.05) is 24.1 Å². The smallest absolute Gasteiger partial charge is 0.278 e. The summed E-state index contributed by atoms with van der Waals surface area (Å²) in [7, 11) is 0. The zero-order valence-electron chi connectivity index (χ0n) is 19.1. The molecule has 0 spiro atoms. The molecule has 1 aromatic carbocycles. The van der Waals surface area contributed by atoms with Crippen LogP contribution in [0.1, 0.15) is 30.9 Å². The van der Waals surface area contributed by atoms with Gasteiger partial charge in [0, 0.05) is 11.6 Å². The Hall–Kier alpha value is -3.47. The van der Waals surface area contributed by atoms with E-state index in [4.69, 9.17) is 10.7 Å². The van der Waals surface area contributed by atoms with Gasteiger partial charge in [0.05, 0.1) is 49.6 Å². The van der Waals surface area contributed by atoms with Gasteiger partial charge in [0.1, 0.15) is 11.0 Å². The van der Waals surface area contributed by atoms with Gasteiger partial charge in [0.2, 0.25) is 5.82 Å². The number of rotatable bonds is 4. The number of aromatic nitrogens is 4. The maximum atomic E-state index is 13.8. The number of nitrogens with one attached hydrogen (secondary N) is 1. The number of para-hydroxylation sites is 1. The molecule has 2 atom stereocenters. The Morgan fingerprint density at radius 2 is 2.09 bits per heavy atom. The molecule has 0 saturated carbocycles. The van der Waals surface area contributed by atoms with Crippen LogP contribution in [0.2, 0.25) is 0 Å². The number of quaternary nitrogens is 1. The Morgan fingerprint density at radius 1 is 1.24 bits per heavy atom. The highest BCUT2D eigenvalue weighted by molar-refractivity contribution is 5.84. The van der Waals surface area contributed by atoms with Crippen molar-refractivity contribution in [2.75, 3.05) is 13.1 Å². The van der Waals surface area contributed by atoms with E-state index in [1.807, 2.05) is 37.3 Å². The molecule has 0 amide bonds. The summed E-state index contributed by atoms with van der Waals surface area (Å²) >= 11 is 0. The summed E-state index contributed by atoms with van der Waals surface area (Å²) in [5.41, 5.74) is 10.6. The lowest BCUT2D eigenvalue weighted by Gasteiger charge is -2.28. The fourth-order valence-electron chi connectivity index (χ4n) is 5.10. The fourth-order valence-corrected chi connectivity index (χ4v) is 5.10. The van der Waals surface area contributed by atoms with Gasteiger partial charge in [-0.3, -0.25) is 23.8 Å². The van der Waals surface area contributed by atoms with E-state index in [9.17, 15) is 4.79 Å². The number of pyridine rings is 1. The number of hydrogen-bond donors (Lipinski definition) is 2. The van der Waals surface area contributed by atoms with Crippen LogP contribution in [-0.2, 0) is 13.1 Å². The van der Waals surface area contributed by atoms with Gasteiger partial charge in [-0.05, 0) is 44.4 Å². The van der Waals surface area contributed by atoms with E-state index >= 15 is 0 Å². The van der Waals surface area contributed by atoms with Crippen LogP contribution in [0.15, 0.2) is 47.7 Å². The molecule has 3 aromatic heterocycles. The maximum absolute atomic E-state index is 13.8. The first kappa shape index (κ1) is 21.4. The van der Waals surface area contributed by atoms with Crippen LogP contribution >= 0.6 is 0 Å². The number of hydrogen-bond acceptors (Lipinski definition) is 4. The van der Waals surface area contributed by atoms with Crippen molar-refractivity contribution in [2.45, 2.75) is 45.8 Å². The van der Waals surface area contributed by atoms with E-state index in [0.717, 1.165) is 59.3 Å². The van der Waals surface area contributed by atoms with Crippen molar-refractivity contribution in [1.82, 2.24) is 19.1 Å². The predicted octanol–water partition coefficient (Wildman–Crippen LogP) is 1.76. The number of fused-ring (bicyclic) bond motifs is 2. The highest BCUT2D eigenvalue weighted by Gasteiger charge is 2.30. The molecule has 1 aliphatic rings. The first-order valence-corrected chi connectivity index (χ1v) is 11.5. The van der Waals surface area contributed by atoms with Crippen LogP contribution in [0.3, 0.4) is 0 Å². The molecular formula is C26H29N6O+. The Kier molecular flexibility index (Phi) is 5.71. The third-order valence-corrected chi connectivity index (χ3v) is 6.66. The molecule has 5 rings (SSSR count). The minimum Gasteiger partial charge on any atom is -0.323 e. The third kappa shape index (κ3) is 3.82. The van der Waals surface area contributed by atoms with Gasteiger partial charge in [0.25, 0.3) is 5.56 Å². The molecule has 4 heterocycles. The number of nitrogens with two attached hydrogens (primary N) is 1. The molecule has 7 heteroatoms. The standard InChI is InChI=1S/C26H28N6O/c1-3-4-14-32-24-23(18(2)25(32)30-13-7-8-20(27)16-30)29-17-31(26(24)33)15-19-11-12-28-22-10-6-5-9-21(19)22/h5-6,9-12,17,20H,7-8,13-16,27H2,1-2H3/p+1/t20-/m1/s1. The molecular weight excluding hydrogens is 412 g/mol. The Labute approximate surface area is 192 Å². The number of nitrogens with zero attached hydrogens (tertiary/aromatic N) is 4. The predicted molar refractivity (Wildman–Crippen MR) is 131 cm³/mol. The van der Waals surface area contributed by atoms with Crippen LogP contribution in [0.5, 0.6) is 0 Å². The summed E-state index contributed by atoms with van der Waals surface area (Å²) in [5, 5.41) is 1.04. The summed E-state index contributed by atoms with van der Waals surface area (Å²) in [6, 6.07) is 10.1. The summed E-state index contributed by atoms with van der Waals surface area (Å²) in [4.78, 5) is 24.3. The minimum atomic E-state index is -0.0474. The van der Waals surface area contributed by atoms with Crippen molar-refractivity contribution >= 4 is 27.8 Å². The van der Waals surface area contributed by atoms with E-state index in [0.29, 0.717) is 18.6 Å². The molecule has 4 aromatic rings. The van der Waals surface area contributed by atoms with Gasteiger partial charge >= 0.3 is 0 Å². The highest BCUT2D eigenvalue weighted by atomic mass is 16.1. The largest absolute Gasteiger partial charge is 0.323 e. The number of aryl methyl sites for hydroxylation is 1. The lowest BCUT2D eigenvalue weighted by atomic mass is 10.1. The molecule has 0 bridgehead atoms. The summed E-state index contributed by atoms with van der Waals surface area (Å²) in [6.07, 6.45) is 5.58. The van der Waals surface area contributed by atoms with Crippen molar-refractivity contribution in [1.29, 1.82) is 0 Å². The zero-order valence-corrected chi connectivity index (χ0v) is 19.1. The van der Waals surface area contributed by atoms with Crippen molar-refractivity contribution in [3.05, 3.63) is 64.3 Å². The second kappa shape index (κ2) is 8.81. The van der Waals surface area contributed by atoms with Gasteiger partial charge < -0.3 is 5.73 Å². The highest BCUT2D eigenvalue weighted by Crippen LogP contribution is 2.24. The topological polar surface area (TPSA) is 83.2 Å². The van der Waals surface area contributed by atoms with E-state index < -0.39 is 0 Å². The summed E-state index contributed by atoms with van der Waals surface area (Å²) < 4.78 is 3.77. The lowest BCUT2D eigenvalue weighted by Crippen LogP contribution is -3.10. The molecule has 7 nitrogen and oxygen atoms in total. The SMILES string of the molecule is CC#CCn1c([NH+]2CCC[C@@H](N)C2)c(C)c2ncn(Cc3ccnc4ccccc34)c(=O)c21. The van der Waals surface area contributed by atoms with Crippen LogP contribution in [0.25, 0.3) is 21.9 Å². The lowest BCUT2D eigenvalue weighted by molar-refractivity contribution is -0.842. The third-order valence-electron chi connectivity index (χ3n) is 6.66. The van der Waals surface area contributed by atoms with Crippen LogP contribution in [0, 0.1) is 18.8 Å². The van der Waals surface area contributed by atoms with Crippen molar-refractivity contribution in [3.8, 4) is 11.8 Å². The normalized spacial score (nSPS) is 18.4. The average Bonchev–Trinajstić information content (AvgIpc) is 3.11. The number of piperidine rings is 1. The first-order valence-electron chi connectivity index (χ1n) is 11.5. The molecule has 3 N–H and O–H groups in total. The van der Waals surface area contributed by atoms with E-state index in [1.54, 1.807) is 17.1 Å². The molecule has 33 heavy (non-hydrogen) atoms. The Bertz CT molecular complexity index is 1450. The first-order chi connectivity index (χ1) is 16.1. The number of benzene rings is 1. The molecule has 0 aliphatic carbocycles. The summed E-state index contributed by atoms with van der Waals surface area (Å²) in [5.74, 6) is 7.24.